The molecule has 0 saturated heterocycles. The van der Waals surface area contributed by atoms with Crippen LogP contribution in [0, 0.1) is 13.8 Å². The van der Waals surface area contributed by atoms with Crippen molar-refractivity contribution in [1.29, 1.82) is 0 Å². The lowest BCUT2D eigenvalue weighted by atomic mass is 10.2. The minimum Gasteiger partial charge on any atom is -0.354 e. The third-order valence-electron chi connectivity index (χ3n) is 3.13. The molecular weight excluding hydrogens is 228 g/mol. The molecule has 0 aliphatic carbocycles. The lowest BCUT2D eigenvalue weighted by Gasteiger charge is -2.11. The van der Waals surface area contributed by atoms with Gasteiger partial charge in [-0.15, -0.1) is 0 Å². The molecule has 0 radical (unpaired) electrons. The SMILES string of the molecule is CCC(C)NC(=O)CCNCc1c(C)n[nH]c1C. The Labute approximate surface area is 109 Å². The van der Waals surface area contributed by atoms with E-state index >= 15 is 0 Å². The minimum absolute atomic E-state index is 0.109. The van der Waals surface area contributed by atoms with Crippen LogP contribution in [-0.4, -0.2) is 28.7 Å². The number of nitrogens with zero attached hydrogens (tertiary/aromatic N) is 1. The number of hydrogen-bond acceptors (Lipinski definition) is 3. The number of rotatable bonds is 7. The van der Waals surface area contributed by atoms with E-state index in [1.54, 1.807) is 0 Å². The highest BCUT2D eigenvalue weighted by Gasteiger charge is 2.07. The molecule has 5 heteroatoms. The van der Waals surface area contributed by atoms with Gasteiger partial charge in [0.2, 0.25) is 5.91 Å². The van der Waals surface area contributed by atoms with Crippen LogP contribution < -0.4 is 10.6 Å². The lowest BCUT2D eigenvalue weighted by Crippen LogP contribution is -2.33. The predicted molar refractivity (Wildman–Crippen MR) is 72.3 cm³/mol. The van der Waals surface area contributed by atoms with Gasteiger partial charge in [-0.25, -0.2) is 0 Å². The van der Waals surface area contributed by atoms with E-state index in [9.17, 15) is 4.79 Å². The molecule has 0 aromatic carbocycles. The number of amides is 1. The van der Waals surface area contributed by atoms with Crippen LogP contribution in [0.15, 0.2) is 0 Å². The normalized spacial score (nSPS) is 12.4. The van der Waals surface area contributed by atoms with E-state index < -0.39 is 0 Å². The molecule has 1 heterocycles. The fraction of sp³-hybridized carbons (Fsp3) is 0.692. The van der Waals surface area contributed by atoms with Crippen molar-refractivity contribution >= 4 is 5.91 Å². The van der Waals surface area contributed by atoms with Crippen LogP contribution in [-0.2, 0) is 11.3 Å². The topological polar surface area (TPSA) is 69.8 Å². The van der Waals surface area contributed by atoms with E-state index in [1.807, 2.05) is 20.8 Å². The second kappa shape index (κ2) is 7.16. The van der Waals surface area contributed by atoms with Gasteiger partial charge in [0.05, 0.1) is 5.69 Å². The minimum atomic E-state index is 0.109. The standard InChI is InChI=1S/C13H24N4O/c1-5-9(2)15-13(18)6-7-14-8-12-10(3)16-17-11(12)4/h9,14H,5-8H2,1-4H3,(H,15,18)(H,16,17). The molecule has 0 spiro atoms. The number of aromatic amines is 1. The summed E-state index contributed by atoms with van der Waals surface area (Å²) in [7, 11) is 0. The Morgan fingerprint density at radius 3 is 2.72 bits per heavy atom. The summed E-state index contributed by atoms with van der Waals surface area (Å²) in [6.07, 6.45) is 1.48. The van der Waals surface area contributed by atoms with Gasteiger partial charge < -0.3 is 10.6 Å². The predicted octanol–water partition coefficient (Wildman–Crippen LogP) is 1.42. The molecule has 1 unspecified atom stereocenters. The number of nitrogens with one attached hydrogen (secondary N) is 3. The molecule has 1 aromatic heterocycles. The van der Waals surface area contributed by atoms with Gasteiger partial charge in [0.25, 0.3) is 0 Å². The maximum absolute atomic E-state index is 11.5. The molecule has 1 aromatic rings. The third-order valence-corrected chi connectivity index (χ3v) is 3.13. The van der Waals surface area contributed by atoms with Gasteiger partial charge in [0, 0.05) is 36.8 Å². The van der Waals surface area contributed by atoms with Crippen molar-refractivity contribution in [3.05, 3.63) is 17.0 Å². The lowest BCUT2D eigenvalue weighted by molar-refractivity contribution is -0.121. The van der Waals surface area contributed by atoms with E-state index in [0.29, 0.717) is 13.0 Å². The van der Waals surface area contributed by atoms with Crippen molar-refractivity contribution in [2.45, 2.75) is 53.1 Å². The zero-order valence-electron chi connectivity index (χ0n) is 11.8. The Morgan fingerprint density at radius 1 is 1.44 bits per heavy atom. The van der Waals surface area contributed by atoms with E-state index in [1.165, 1.54) is 5.56 Å². The summed E-state index contributed by atoms with van der Waals surface area (Å²) in [5.74, 6) is 0.109. The molecular formula is C13H24N4O. The van der Waals surface area contributed by atoms with Crippen molar-refractivity contribution < 1.29 is 4.79 Å². The first-order chi connectivity index (χ1) is 8.54. The summed E-state index contributed by atoms with van der Waals surface area (Å²) < 4.78 is 0. The van der Waals surface area contributed by atoms with Crippen LogP contribution in [0.25, 0.3) is 0 Å². The van der Waals surface area contributed by atoms with Crippen molar-refractivity contribution in [2.75, 3.05) is 6.54 Å². The molecule has 0 bridgehead atoms. The van der Waals surface area contributed by atoms with Crippen LogP contribution >= 0.6 is 0 Å². The number of aromatic nitrogens is 2. The van der Waals surface area contributed by atoms with Gasteiger partial charge in [-0.1, -0.05) is 6.92 Å². The van der Waals surface area contributed by atoms with Gasteiger partial charge in [0.1, 0.15) is 0 Å². The molecule has 5 nitrogen and oxygen atoms in total. The first-order valence-electron chi connectivity index (χ1n) is 6.55. The maximum atomic E-state index is 11.5. The number of H-pyrrole nitrogens is 1. The van der Waals surface area contributed by atoms with Crippen molar-refractivity contribution in [3.63, 3.8) is 0 Å². The van der Waals surface area contributed by atoms with E-state index in [4.69, 9.17) is 0 Å². The van der Waals surface area contributed by atoms with Gasteiger partial charge in [0.15, 0.2) is 0 Å². The average Bonchev–Trinajstić information content (AvgIpc) is 2.65. The molecule has 3 N–H and O–H groups in total. The molecule has 18 heavy (non-hydrogen) atoms. The Kier molecular flexibility index (Phi) is 5.85. The molecule has 0 aliphatic heterocycles. The van der Waals surface area contributed by atoms with Crippen molar-refractivity contribution in [2.24, 2.45) is 0 Å². The number of hydrogen-bond donors (Lipinski definition) is 3. The van der Waals surface area contributed by atoms with E-state index in [0.717, 1.165) is 24.4 Å². The zero-order valence-corrected chi connectivity index (χ0v) is 11.8. The van der Waals surface area contributed by atoms with Crippen LogP contribution in [0.5, 0.6) is 0 Å². The number of carbonyl (C=O) groups excluding carboxylic acids is 1. The van der Waals surface area contributed by atoms with Gasteiger partial charge >= 0.3 is 0 Å². The number of carbonyl (C=O) groups is 1. The Hall–Kier alpha value is -1.36. The fourth-order valence-electron chi connectivity index (χ4n) is 1.70. The number of aryl methyl sites for hydroxylation is 2. The fourth-order valence-corrected chi connectivity index (χ4v) is 1.70. The van der Waals surface area contributed by atoms with Crippen LogP contribution in [0.2, 0.25) is 0 Å². The summed E-state index contributed by atoms with van der Waals surface area (Å²) >= 11 is 0. The molecule has 0 saturated carbocycles. The van der Waals surface area contributed by atoms with Gasteiger partial charge in [-0.2, -0.15) is 5.10 Å². The summed E-state index contributed by atoms with van der Waals surface area (Å²) in [5.41, 5.74) is 3.30. The first kappa shape index (κ1) is 14.7. The summed E-state index contributed by atoms with van der Waals surface area (Å²) in [6, 6.07) is 0.260. The molecule has 0 aliphatic rings. The van der Waals surface area contributed by atoms with E-state index in [2.05, 4.69) is 27.8 Å². The highest BCUT2D eigenvalue weighted by atomic mass is 16.1. The van der Waals surface area contributed by atoms with Gasteiger partial charge in [-0.05, 0) is 27.2 Å². The van der Waals surface area contributed by atoms with E-state index in [-0.39, 0.29) is 11.9 Å². The second-order valence-corrected chi connectivity index (χ2v) is 4.72. The molecule has 1 atom stereocenters. The largest absolute Gasteiger partial charge is 0.354 e. The molecule has 0 fully saturated rings. The molecule has 1 amide bonds. The average molecular weight is 252 g/mol. The Balaban J connectivity index is 2.21. The highest BCUT2D eigenvalue weighted by molar-refractivity contribution is 5.76. The quantitative estimate of drug-likeness (QED) is 0.643. The molecule has 1 rings (SSSR count). The van der Waals surface area contributed by atoms with Gasteiger partial charge in [-0.3, -0.25) is 9.89 Å². The Morgan fingerprint density at radius 2 is 2.17 bits per heavy atom. The maximum Gasteiger partial charge on any atom is 0.221 e. The zero-order chi connectivity index (χ0) is 13.5. The Bertz CT molecular complexity index is 367. The smallest absolute Gasteiger partial charge is 0.221 e. The monoisotopic (exact) mass is 252 g/mol. The highest BCUT2D eigenvalue weighted by Crippen LogP contribution is 2.08. The van der Waals surface area contributed by atoms with Crippen LogP contribution in [0.3, 0.4) is 0 Å². The van der Waals surface area contributed by atoms with Crippen LogP contribution in [0.1, 0.15) is 43.6 Å². The van der Waals surface area contributed by atoms with Crippen LogP contribution in [0.4, 0.5) is 0 Å². The third kappa shape index (κ3) is 4.49. The summed E-state index contributed by atoms with van der Waals surface area (Å²) in [6.45, 7) is 9.51. The first-order valence-corrected chi connectivity index (χ1v) is 6.55. The summed E-state index contributed by atoms with van der Waals surface area (Å²) in [4.78, 5) is 11.5. The molecule has 102 valence electrons. The van der Waals surface area contributed by atoms with Crippen molar-refractivity contribution in [1.82, 2.24) is 20.8 Å². The van der Waals surface area contributed by atoms with Crippen molar-refractivity contribution in [3.8, 4) is 0 Å². The summed E-state index contributed by atoms with van der Waals surface area (Å²) in [5, 5.41) is 13.3. The second-order valence-electron chi connectivity index (χ2n) is 4.72.